The predicted octanol–water partition coefficient (Wildman–Crippen LogP) is 2.72. The number of hydroxylamine groups is 1. The molecule has 1 amide bonds. The molecule has 0 heterocycles. The zero-order valence-electron chi connectivity index (χ0n) is 14.4. The first-order valence-corrected chi connectivity index (χ1v) is 8.11. The maximum absolute atomic E-state index is 11.4. The van der Waals surface area contributed by atoms with E-state index in [0.29, 0.717) is 6.54 Å². The van der Waals surface area contributed by atoms with Gasteiger partial charge >= 0.3 is 0 Å². The first kappa shape index (κ1) is 19.8. The van der Waals surface area contributed by atoms with Gasteiger partial charge in [0.05, 0.1) is 6.10 Å². The molecule has 2 rings (SSSR count). The van der Waals surface area contributed by atoms with Gasteiger partial charge in [-0.3, -0.25) is 15.3 Å². The summed E-state index contributed by atoms with van der Waals surface area (Å²) < 4.78 is 0. The molecule has 0 aliphatic carbocycles. The fourth-order valence-electron chi connectivity index (χ4n) is 2.23. The summed E-state index contributed by atoms with van der Waals surface area (Å²) in [6, 6.07) is 17.1. The molecule has 5 nitrogen and oxygen atoms in total. The van der Waals surface area contributed by atoms with Crippen molar-refractivity contribution < 1.29 is 15.1 Å². The van der Waals surface area contributed by atoms with Crippen LogP contribution in [0.4, 0.5) is 0 Å². The van der Waals surface area contributed by atoms with Crippen LogP contribution in [0.5, 0.6) is 0 Å². The average Bonchev–Trinajstić information content (AvgIpc) is 2.64. The summed E-state index contributed by atoms with van der Waals surface area (Å²) in [5.74, 6) is -0.657. The second kappa shape index (κ2) is 10.5. The van der Waals surface area contributed by atoms with Crippen molar-refractivity contribution in [3.63, 3.8) is 0 Å². The van der Waals surface area contributed by atoms with E-state index < -0.39 is 18.1 Å². The topological polar surface area (TPSA) is 81.6 Å². The molecule has 2 unspecified atom stereocenters. The largest absolute Gasteiger partial charge is 0.391 e. The van der Waals surface area contributed by atoms with Crippen LogP contribution in [0.3, 0.4) is 0 Å². The first-order chi connectivity index (χ1) is 11.6. The van der Waals surface area contributed by atoms with E-state index in [-0.39, 0.29) is 0 Å². The standard InChI is InChI=1S/C17H20N2O3.C2H6/c1-12(20)16(17(21)19-22)18-11-13-7-9-15(10-8-13)14-5-3-2-4-6-14;1-2/h2-10,12,16,18,20,22H,11H2,1H3,(H,19,21);1-2H3. The van der Waals surface area contributed by atoms with Gasteiger partial charge in [0.25, 0.3) is 5.91 Å². The van der Waals surface area contributed by atoms with Crippen molar-refractivity contribution in [1.82, 2.24) is 10.8 Å². The fourth-order valence-corrected chi connectivity index (χ4v) is 2.23. The highest BCUT2D eigenvalue weighted by Gasteiger charge is 2.22. The average molecular weight is 330 g/mol. The molecule has 0 spiro atoms. The molecule has 24 heavy (non-hydrogen) atoms. The molecule has 2 aromatic rings. The molecule has 0 bridgehead atoms. The molecular formula is C19H26N2O3. The molecule has 0 aliphatic heterocycles. The molecule has 0 aliphatic rings. The van der Waals surface area contributed by atoms with Crippen molar-refractivity contribution >= 4 is 5.91 Å². The number of carbonyl (C=O) groups excluding carboxylic acids is 1. The van der Waals surface area contributed by atoms with E-state index in [9.17, 15) is 9.90 Å². The summed E-state index contributed by atoms with van der Waals surface area (Å²) in [5, 5.41) is 21.1. The third kappa shape index (κ3) is 5.77. The maximum atomic E-state index is 11.4. The second-order valence-electron chi connectivity index (χ2n) is 5.14. The van der Waals surface area contributed by atoms with Gasteiger partial charge in [0.15, 0.2) is 0 Å². The van der Waals surface area contributed by atoms with Crippen LogP contribution in [0.1, 0.15) is 26.3 Å². The highest BCUT2D eigenvalue weighted by atomic mass is 16.5. The minimum atomic E-state index is -0.907. The Hall–Kier alpha value is -2.21. The van der Waals surface area contributed by atoms with Crippen molar-refractivity contribution in [1.29, 1.82) is 0 Å². The van der Waals surface area contributed by atoms with Crippen molar-refractivity contribution in [2.24, 2.45) is 0 Å². The predicted molar refractivity (Wildman–Crippen MR) is 95.5 cm³/mol. The molecule has 4 N–H and O–H groups in total. The first-order valence-electron chi connectivity index (χ1n) is 8.11. The van der Waals surface area contributed by atoms with E-state index in [1.807, 2.05) is 68.4 Å². The van der Waals surface area contributed by atoms with Crippen LogP contribution in [-0.2, 0) is 11.3 Å². The monoisotopic (exact) mass is 330 g/mol. The summed E-state index contributed by atoms with van der Waals surface area (Å²) in [6.07, 6.45) is -0.907. The molecule has 0 fully saturated rings. The Kier molecular flexibility index (Phi) is 8.71. The molecule has 2 aromatic carbocycles. The Labute approximate surface area is 143 Å². The van der Waals surface area contributed by atoms with Crippen molar-refractivity contribution in [3.8, 4) is 11.1 Å². The Balaban J connectivity index is 0.00000139. The third-order valence-electron chi connectivity index (χ3n) is 3.46. The molecule has 5 heteroatoms. The quantitative estimate of drug-likeness (QED) is 0.485. The van der Waals surface area contributed by atoms with Crippen LogP contribution >= 0.6 is 0 Å². The van der Waals surface area contributed by atoms with E-state index in [2.05, 4.69) is 5.32 Å². The van der Waals surface area contributed by atoms with Gasteiger partial charge < -0.3 is 5.11 Å². The van der Waals surface area contributed by atoms with Gasteiger partial charge in [-0.15, -0.1) is 0 Å². The number of amides is 1. The number of hydrogen-bond donors (Lipinski definition) is 4. The molecule has 0 saturated heterocycles. The Morgan fingerprint density at radius 2 is 1.54 bits per heavy atom. The van der Waals surface area contributed by atoms with Crippen molar-refractivity contribution in [2.45, 2.75) is 39.5 Å². The molecule has 2 atom stereocenters. The zero-order chi connectivity index (χ0) is 17.9. The number of carbonyl (C=O) groups is 1. The number of rotatable bonds is 6. The Bertz CT molecular complexity index is 598. The molecule has 0 aromatic heterocycles. The van der Waals surface area contributed by atoms with Crippen LogP contribution in [-0.4, -0.2) is 28.4 Å². The summed E-state index contributed by atoms with van der Waals surface area (Å²) in [4.78, 5) is 11.4. The number of aliphatic hydroxyl groups is 1. The van der Waals surface area contributed by atoms with Crippen LogP contribution < -0.4 is 10.8 Å². The summed E-state index contributed by atoms with van der Waals surface area (Å²) in [5.41, 5.74) is 4.79. The van der Waals surface area contributed by atoms with E-state index in [4.69, 9.17) is 5.21 Å². The summed E-state index contributed by atoms with van der Waals surface area (Å²) in [6.45, 7) is 5.91. The second-order valence-corrected chi connectivity index (χ2v) is 5.14. The van der Waals surface area contributed by atoms with Crippen LogP contribution in [0, 0.1) is 0 Å². The maximum Gasteiger partial charge on any atom is 0.263 e. The van der Waals surface area contributed by atoms with Gasteiger partial charge in [0.1, 0.15) is 6.04 Å². The van der Waals surface area contributed by atoms with Crippen LogP contribution in [0.25, 0.3) is 11.1 Å². The lowest BCUT2D eigenvalue weighted by atomic mass is 10.0. The zero-order valence-corrected chi connectivity index (χ0v) is 14.4. The van der Waals surface area contributed by atoms with Gasteiger partial charge in [-0.2, -0.15) is 0 Å². The van der Waals surface area contributed by atoms with E-state index >= 15 is 0 Å². The van der Waals surface area contributed by atoms with Gasteiger partial charge in [-0.05, 0) is 23.6 Å². The van der Waals surface area contributed by atoms with Crippen molar-refractivity contribution in [3.05, 3.63) is 60.2 Å². The molecule has 0 radical (unpaired) electrons. The lowest BCUT2D eigenvalue weighted by Crippen LogP contribution is -2.49. The van der Waals surface area contributed by atoms with Crippen LogP contribution in [0.15, 0.2) is 54.6 Å². The van der Waals surface area contributed by atoms with Gasteiger partial charge in [-0.25, -0.2) is 5.48 Å². The fraction of sp³-hybridized carbons (Fsp3) is 0.316. The highest BCUT2D eigenvalue weighted by molar-refractivity contribution is 5.81. The summed E-state index contributed by atoms with van der Waals surface area (Å²) in [7, 11) is 0. The Morgan fingerprint density at radius 3 is 2.04 bits per heavy atom. The number of nitrogens with one attached hydrogen (secondary N) is 2. The summed E-state index contributed by atoms with van der Waals surface area (Å²) >= 11 is 0. The minimum absolute atomic E-state index is 0.415. The number of aliphatic hydroxyl groups excluding tert-OH is 1. The smallest absolute Gasteiger partial charge is 0.263 e. The van der Waals surface area contributed by atoms with Crippen molar-refractivity contribution in [2.75, 3.05) is 0 Å². The Morgan fingerprint density at radius 1 is 1.00 bits per heavy atom. The van der Waals surface area contributed by atoms with Crippen LogP contribution in [0.2, 0.25) is 0 Å². The van der Waals surface area contributed by atoms with Gasteiger partial charge in [0.2, 0.25) is 0 Å². The van der Waals surface area contributed by atoms with E-state index in [0.717, 1.165) is 16.7 Å². The molecule has 0 saturated carbocycles. The minimum Gasteiger partial charge on any atom is -0.391 e. The SMILES string of the molecule is CC.CC(O)C(NCc1ccc(-c2ccccc2)cc1)C(=O)NO. The molecule has 130 valence electrons. The number of benzene rings is 2. The highest BCUT2D eigenvalue weighted by Crippen LogP contribution is 2.19. The number of hydrogen-bond acceptors (Lipinski definition) is 4. The van der Waals surface area contributed by atoms with E-state index in [1.54, 1.807) is 5.48 Å². The van der Waals surface area contributed by atoms with Gasteiger partial charge in [0, 0.05) is 6.54 Å². The lowest BCUT2D eigenvalue weighted by molar-refractivity contribution is -0.134. The lowest BCUT2D eigenvalue weighted by Gasteiger charge is -2.19. The molecular weight excluding hydrogens is 304 g/mol. The third-order valence-corrected chi connectivity index (χ3v) is 3.46. The van der Waals surface area contributed by atoms with E-state index in [1.165, 1.54) is 6.92 Å². The van der Waals surface area contributed by atoms with Gasteiger partial charge in [-0.1, -0.05) is 68.4 Å². The normalized spacial score (nSPS) is 12.5.